The van der Waals surface area contributed by atoms with Gasteiger partial charge >= 0.3 is 6.03 Å². The molecule has 0 unspecified atom stereocenters. The van der Waals surface area contributed by atoms with Crippen molar-refractivity contribution in [3.8, 4) is 0 Å². The standard InChI is InChI=1S/C17H20N4O3/c1-12(22)20(2)16-6-3-14(9-18-16)19-17(23)21(15-4-5-15)10-13-7-8-24-11-13/h3,6-9,11,15H,4-5,10H2,1-2H3,(H,19,23). The average Bonchev–Trinajstić information content (AvgIpc) is 3.28. The maximum atomic E-state index is 12.5. The fourth-order valence-electron chi connectivity index (χ4n) is 2.35. The van der Waals surface area contributed by atoms with Gasteiger partial charge in [0.05, 0.1) is 31.0 Å². The lowest BCUT2D eigenvalue weighted by atomic mass is 10.3. The lowest BCUT2D eigenvalue weighted by Gasteiger charge is -2.22. The fourth-order valence-corrected chi connectivity index (χ4v) is 2.35. The van der Waals surface area contributed by atoms with Crippen molar-refractivity contribution in [3.63, 3.8) is 0 Å². The zero-order valence-electron chi connectivity index (χ0n) is 13.7. The fraction of sp³-hybridized carbons (Fsp3) is 0.353. The van der Waals surface area contributed by atoms with Gasteiger partial charge in [-0.25, -0.2) is 9.78 Å². The van der Waals surface area contributed by atoms with Crippen LogP contribution in [0.15, 0.2) is 41.3 Å². The number of furan rings is 1. The number of pyridine rings is 1. The second-order valence-corrected chi connectivity index (χ2v) is 5.90. The summed E-state index contributed by atoms with van der Waals surface area (Å²) in [5, 5.41) is 2.86. The maximum Gasteiger partial charge on any atom is 0.322 e. The lowest BCUT2D eigenvalue weighted by molar-refractivity contribution is -0.116. The molecule has 0 aromatic carbocycles. The molecule has 3 rings (SSSR count). The molecule has 2 aromatic heterocycles. The molecule has 7 nitrogen and oxygen atoms in total. The summed E-state index contributed by atoms with van der Waals surface area (Å²) in [6.45, 7) is 1.99. The van der Waals surface area contributed by atoms with Crippen LogP contribution in [0.1, 0.15) is 25.3 Å². The van der Waals surface area contributed by atoms with Gasteiger partial charge in [-0.2, -0.15) is 0 Å². The highest BCUT2D eigenvalue weighted by Gasteiger charge is 2.32. The summed E-state index contributed by atoms with van der Waals surface area (Å²) in [5.41, 5.74) is 1.56. The Morgan fingerprint density at radius 2 is 2.12 bits per heavy atom. The van der Waals surface area contributed by atoms with Crippen LogP contribution < -0.4 is 10.2 Å². The Bertz CT molecular complexity index is 708. The second kappa shape index (κ2) is 6.74. The van der Waals surface area contributed by atoms with Gasteiger partial charge in [0.2, 0.25) is 5.91 Å². The highest BCUT2D eigenvalue weighted by Crippen LogP contribution is 2.29. The Labute approximate surface area is 140 Å². The number of carbonyl (C=O) groups excluding carboxylic acids is 2. The van der Waals surface area contributed by atoms with Crippen molar-refractivity contribution in [1.29, 1.82) is 0 Å². The number of carbonyl (C=O) groups is 2. The van der Waals surface area contributed by atoms with Crippen molar-refractivity contribution in [1.82, 2.24) is 9.88 Å². The third-order valence-electron chi connectivity index (χ3n) is 4.00. The summed E-state index contributed by atoms with van der Waals surface area (Å²) in [4.78, 5) is 31.3. The van der Waals surface area contributed by atoms with Gasteiger partial charge in [0.15, 0.2) is 0 Å². The van der Waals surface area contributed by atoms with Crippen molar-refractivity contribution >= 4 is 23.4 Å². The summed E-state index contributed by atoms with van der Waals surface area (Å²) in [6, 6.07) is 5.41. The molecule has 1 aliphatic rings. The van der Waals surface area contributed by atoms with Crippen LogP contribution in [0.25, 0.3) is 0 Å². The van der Waals surface area contributed by atoms with Crippen LogP contribution in [-0.2, 0) is 11.3 Å². The number of aromatic nitrogens is 1. The van der Waals surface area contributed by atoms with Crippen LogP contribution >= 0.6 is 0 Å². The molecule has 0 bridgehead atoms. The van der Waals surface area contributed by atoms with E-state index in [2.05, 4.69) is 10.3 Å². The summed E-state index contributed by atoms with van der Waals surface area (Å²) >= 11 is 0. The average molecular weight is 328 g/mol. The molecular weight excluding hydrogens is 308 g/mol. The van der Waals surface area contributed by atoms with E-state index in [0.29, 0.717) is 18.1 Å². The highest BCUT2D eigenvalue weighted by atomic mass is 16.3. The number of amides is 3. The molecule has 1 aliphatic carbocycles. The van der Waals surface area contributed by atoms with Gasteiger partial charge in [0.25, 0.3) is 0 Å². The van der Waals surface area contributed by atoms with E-state index >= 15 is 0 Å². The molecule has 1 saturated carbocycles. The molecule has 1 N–H and O–H groups in total. The van der Waals surface area contributed by atoms with Gasteiger partial charge in [0.1, 0.15) is 5.82 Å². The molecule has 0 spiro atoms. The minimum Gasteiger partial charge on any atom is -0.472 e. The minimum atomic E-state index is -0.159. The summed E-state index contributed by atoms with van der Waals surface area (Å²) < 4.78 is 5.07. The molecule has 0 aliphatic heterocycles. The van der Waals surface area contributed by atoms with Gasteiger partial charge in [-0.1, -0.05) is 0 Å². The SMILES string of the molecule is CC(=O)N(C)c1ccc(NC(=O)N(Cc2ccoc2)C2CC2)cn1. The van der Waals surface area contributed by atoms with Gasteiger partial charge in [0, 0.05) is 25.6 Å². The number of hydrogen-bond acceptors (Lipinski definition) is 4. The Hall–Kier alpha value is -2.83. The maximum absolute atomic E-state index is 12.5. The number of hydrogen-bond donors (Lipinski definition) is 1. The van der Waals surface area contributed by atoms with E-state index in [9.17, 15) is 9.59 Å². The van der Waals surface area contributed by atoms with E-state index < -0.39 is 0 Å². The smallest absolute Gasteiger partial charge is 0.322 e. The topological polar surface area (TPSA) is 78.7 Å². The van der Waals surface area contributed by atoms with E-state index in [0.717, 1.165) is 18.4 Å². The Morgan fingerprint density at radius 3 is 2.67 bits per heavy atom. The van der Waals surface area contributed by atoms with E-state index in [4.69, 9.17) is 4.42 Å². The van der Waals surface area contributed by atoms with E-state index in [1.807, 2.05) is 6.07 Å². The normalized spacial score (nSPS) is 13.4. The van der Waals surface area contributed by atoms with Gasteiger partial charge in [-0.05, 0) is 31.0 Å². The first-order valence-electron chi connectivity index (χ1n) is 7.83. The zero-order valence-corrected chi connectivity index (χ0v) is 13.7. The largest absolute Gasteiger partial charge is 0.472 e. The van der Waals surface area contributed by atoms with E-state index in [-0.39, 0.29) is 18.0 Å². The van der Waals surface area contributed by atoms with Crippen LogP contribution in [0.2, 0.25) is 0 Å². The van der Waals surface area contributed by atoms with Gasteiger partial charge in [-0.3, -0.25) is 4.79 Å². The van der Waals surface area contributed by atoms with Crippen molar-refractivity contribution < 1.29 is 14.0 Å². The molecule has 0 atom stereocenters. The second-order valence-electron chi connectivity index (χ2n) is 5.90. The van der Waals surface area contributed by atoms with Crippen LogP contribution in [-0.4, -0.2) is 34.9 Å². The van der Waals surface area contributed by atoms with Crippen molar-refractivity contribution in [2.45, 2.75) is 32.4 Å². The lowest BCUT2D eigenvalue weighted by Crippen LogP contribution is -2.36. The van der Waals surface area contributed by atoms with Crippen LogP contribution in [0, 0.1) is 0 Å². The molecular formula is C17H20N4O3. The molecule has 0 radical (unpaired) electrons. The quantitative estimate of drug-likeness (QED) is 0.915. The Kier molecular flexibility index (Phi) is 4.50. The Balaban J connectivity index is 1.65. The minimum absolute atomic E-state index is 0.0979. The van der Waals surface area contributed by atoms with Crippen molar-refractivity contribution in [2.24, 2.45) is 0 Å². The molecule has 7 heteroatoms. The number of urea groups is 1. The van der Waals surface area contributed by atoms with Crippen LogP contribution in [0.4, 0.5) is 16.3 Å². The van der Waals surface area contributed by atoms with Gasteiger partial charge in [-0.15, -0.1) is 0 Å². The summed E-state index contributed by atoms with van der Waals surface area (Å²) in [7, 11) is 1.66. The molecule has 2 aromatic rings. The monoisotopic (exact) mass is 328 g/mol. The third-order valence-corrected chi connectivity index (χ3v) is 4.00. The van der Waals surface area contributed by atoms with Crippen molar-refractivity contribution in [2.75, 3.05) is 17.3 Å². The predicted molar refractivity (Wildman–Crippen MR) is 89.6 cm³/mol. The number of rotatable bonds is 5. The Morgan fingerprint density at radius 1 is 1.33 bits per heavy atom. The first kappa shape index (κ1) is 16.0. The summed E-state index contributed by atoms with van der Waals surface area (Å²) in [6.07, 6.45) is 6.84. The summed E-state index contributed by atoms with van der Waals surface area (Å²) in [5.74, 6) is 0.442. The van der Waals surface area contributed by atoms with E-state index in [1.165, 1.54) is 11.8 Å². The molecule has 1 fully saturated rings. The number of nitrogens with one attached hydrogen (secondary N) is 1. The number of anilines is 2. The highest BCUT2D eigenvalue weighted by molar-refractivity contribution is 5.91. The van der Waals surface area contributed by atoms with Gasteiger partial charge < -0.3 is 19.5 Å². The molecule has 126 valence electrons. The first-order valence-corrected chi connectivity index (χ1v) is 7.83. The third kappa shape index (κ3) is 3.73. The first-order chi connectivity index (χ1) is 11.5. The van der Waals surface area contributed by atoms with Crippen molar-refractivity contribution in [3.05, 3.63) is 42.5 Å². The molecule has 24 heavy (non-hydrogen) atoms. The van der Waals surface area contributed by atoms with Crippen LogP contribution in [0.3, 0.4) is 0 Å². The van der Waals surface area contributed by atoms with Crippen LogP contribution in [0.5, 0.6) is 0 Å². The molecule has 3 amide bonds. The van der Waals surface area contributed by atoms with E-state index in [1.54, 1.807) is 42.8 Å². The predicted octanol–water partition coefficient (Wildman–Crippen LogP) is 2.85. The zero-order chi connectivity index (χ0) is 17.1. The molecule has 2 heterocycles. The molecule has 0 saturated heterocycles. The number of nitrogens with zero attached hydrogens (tertiary/aromatic N) is 3.